The zero-order valence-corrected chi connectivity index (χ0v) is 6.61. The van der Waals surface area contributed by atoms with Gasteiger partial charge in [0, 0.05) is 6.21 Å². The Bertz CT molecular complexity index is 112. The van der Waals surface area contributed by atoms with Crippen molar-refractivity contribution in [1.82, 2.24) is 0 Å². The molecule has 3 heteroatoms. The van der Waals surface area contributed by atoms with Crippen molar-refractivity contribution in [2.24, 2.45) is 4.99 Å². The van der Waals surface area contributed by atoms with Gasteiger partial charge in [-0.3, -0.25) is 4.99 Å². The summed E-state index contributed by atoms with van der Waals surface area (Å²) in [7, 11) is 0. The fraction of sp³-hybridized carbons (Fsp3) is 0.250. The quantitative estimate of drug-likeness (QED) is 0.442. The van der Waals surface area contributed by atoms with Crippen molar-refractivity contribution in [2.45, 2.75) is 3.36 Å². The molecule has 0 saturated carbocycles. The third kappa shape index (κ3) is 1.39. The lowest BCUT2D eigenvalue weighted by Gasteiger charge is -2.01. The second kappa shape index (κ2) is 1.71. The van der Waals surface area contributed by atoms with Crippen LogP contribution in [-0.2, 0) is 0 Å². The van der Waals surface area contributed by atoms with E-state index in [0.29, 0.717) is 0 Å². The maximum atomic E-state index is 3.97. The van der Waals surface area contributed by atoms with Crippen LogP contribution in [0.1, 0.15) is 0 Å². The van der Waals surface area contributed by atoms with E-state index in [2.05, 4.69) is 36.9 Å². The largest absolute Gasteiger partial charge is 0.259 e. The van der Waals surface area contributed by atoms with E-state index in [-0.39, 0.29) is 3.36 Å². The van der Waals surface area contributed by atoms with Crippen LogP contribution in [0.15, 0.2) is 17.1 Å². The molecule has 0 saturated heterocycles. The summed E-state index contributed by atoms with van der Waals surface area (Å²) in [5.41, 5.74) is 0. The van der Waals surface area contributed by atoms with E-state index in [0.717, 1.165) is 0 Å². The minimum atomic E-state index is -0.292. The molecule has 1 heterocycles. The summed E-state index contributed by atoms with van der Waals surface area (Å²) in [4.78, 5) is 3.97. The van der Waals surface area contributed by atoms with E-state index in [9.17, 15) is 0 Å². The van der Waals surface area contributed by atoms with Gasteiger partial charge in [0.2, 0.25) is 0 Å². The molecule has 7 heavy (non-hydrogen) atoms. The lowest BCUT2D eigenvalue weighted by atomic mass is 10.6. The van der Waals surface area contributed by atoms with Crippen LogP contribution in [0, 0.1) is 0 Å². The molecule has 1 aliphatic heterocycles. The van der Waals surface area contributed by atoms with Crippen molar-refractivity contribution in [3.05, 3.63) is 12.2 Å². The van der Waals surface area contributed by atoms with Crippen molar-refractivity contribution < 1.29 is 0 Å². The minimum Gasteiger partial charge on any atom is -0.259 e. The topological polar surface area (TPSA) is 12.4 Å². The Kier molecular flexibility index (Phi) is 1.34. The maximum absolute atomic E-state index is 3.97. The summed E-state index contributed by atoms with van der Waals surface area (Å²) in [5.74, 6) is 0. The van der Waals surface area contributed by atoms with Crippen LogP contribution in [0.2, 0.25) is 0 Å². The van der Waals surface area contributed by atoms with Crippen molar-refractivity contribution in [3.8, 4) is 0 Å². The average Bonchev–Trinajstić information content (AvgIpc) is 1.84. The molecule has 1 aliphatic rings. The third-order valence-electron chi connectivity index (χ3n) is 0.629. The fourth-order valence-electron chi connectivity index (χ4n) is 0.344. The highest BCUT2D eigenvalue weighted by molar-refractivity contribution is 9.25. The Morgan fingerprint density at radius 3 is 2.29 bits per heavy atom. The Morgan fingerprint density at radius 2 is 2.14 bits per heavy atom. The summed E-state index contributed by atoms with van der Waals surface area (Å²) < 4.78 is -0.292. The van der Waals surface area contributed by atoms with Gasteiger partial charge >= 0.3 is 0 Å². The normalized spacial score (nSPS) is 23.7. The van der Waals surface area contributed by atoms with Crippen LogP contribution < -0.4 is 0 Å². The second-order valence-corrected chi connectivity index (χ2v) is 4.71. The van der Waals surface area contributed by atoms with E-state index in [1.54, 1.807) is 6.21 Å². The SMILES string of the molecule is BrC1(Br)C=CC=N1. The molecule has 0 unspecified atom stereocenters. The van der Waals surface area contributed by atoms with Crippen molar-refractivity contribution >= 4 is 38.1 Å². The highest BCUT2D eigenvalue weighted by atomic mass is 79.9. The van der Waals surface area contributed by atoms with Gasteiger partial charge in [-0.2, -0.15) is 0 Å². The molecular formula is C4H3Br2N. The molecule has 0 radical (unpaired) electrons. The van der Waals surface area contributed by atoms with Crippen LogP contribution in [-0.4, -0.2) is 9.57 Å². The van der Waals surface area contributed by atoms with Crippen LogP contribution in [0.4, 0.5) is 0 Å². The molecule has 0 fully saturated rings. The Balaban J connectivity index is 2.77. The first-order valence-electron chi connectivity index (χ1n) is 1.82. The zero-order valence-electron chi connectivity index (χ0n) is 3.44. The van der Waals surface area contributed by atoms with Gasteiger partial charge in [0.25, 0.3) is 0 Å². The van der Waals surface area contributed by atoms with E-state index in [4.69, 9.17) is 0 Å². The summed E-state index contributed by atoms with van der Waals surface area (Å²) >= 11 is 6.55. The van der Waals surface area contributed by atoms with Crippen LogP contribution in [0.3, 0.4) is 0 Å². The first kappa shape index (κ1) is 5.51. The molecule has 0 aromatic rings. The first-order chi connectivity index (χ1) is 3.21. The molecule has 0 aromatic carbocycles. The number of aliphatic imine (C=N–C) groups is 1. The van der Waals surface area contributed by atoms with Crippen molar-refractivity contribution in [3.63, 3.8) is 0 Å². The fourth-order valence-corrected chi connectivity index (χ4v) is 0.886. The van der Waals surface area contributed by atoms with E-state index >= 15 is 0 Å². The Morgan fingerprint density at radius 1 is 1.43 bits per heavy atom. The summed E-state index contributed by atoms with van der Waals surface area (Å²) in [6.45, 7) is 0. The Labute approximate surface area is 58.8 Å². The third-order valence-corrected chi connectivity index (χ3v) is 1.57. The predicted molar refractivity (Wildman–Crippen MR) is 38.2 cm³/mol. The average molecular weight is 225 g/mol. The van der Waals surface area contributed by atoms with Gasteiger partial charge in [0.1, 0.15) is 0 Å². The lowest BCUT2D eigenvalue weighted by Crippen LogP contribution is -1.95. The van der Waals surface area contributed by atoms with E-state index < -0.39 is 0 Å². The molecule has 0 bridgehead atoms. The highest BCUT2D eigenvalue weighted by Gasteiger charge is 2.16. The van der Waals surface area contributed by atoms with Crippen molar-refractivity contribution in [1.29, 1.82) is 0 Å². The van der Waals surface area contributed by atoms with Crippen LogP contribution in [0.5, 0.6) is 0 Å². The molecular weight excluding hydrogens is 222 g/mol. The molecule has 0 spiro atoms. The van der Waals surface area contributed by atoms with Gasteiger partial charge in [-0.25, -0.2) is 0 Å². The lowest BCUT2D eigenvalue weighted by molar-refractivity contribution is 1.16. The van der Waals surface area contributed by atoms with Crippen LogP contribution >= 0.6 is 31.9 Å². The molecule has 0 amide bonds. The summed E-state index contributed by atoms with van der Waals surface area (Å²) in [6, 6.07) is 0. The number of hydrogen-bond donors (Lipinski definition) is 0. The molecule has 0 aliphatic carbocycles. The zero-order chi connectivity index (χ0) is 5.33. The Hall–Kier alpha value is 0.370. The number of halogens is 2. The predicted octanol–water partition coefficient (Wildman–Crippen LogP) is 2.07. The molecule has 1 rings (SSSR count). The molecule has 0 N–H and O–H groups in total. The number of rotatable bonds is 0. The van der Waals surface area contributed by atoms with Gasteiger partial charge in [-0.15, -0.1) is 0 Å². The van der Waals surface area contributed by atoms with Gasteiger partial charge < -0.3 is 0 Å². The van der Waals surface area contributed by atoms with Crippen molar-refractivity contribution in [2.75, 3.05) is 0 Å². The standard InChI is InChI=1S/C4H3Br2N/c5-4(6)2-1-3-7-4/h1-3H. The summed E-state index contributed by atoms with van der Waals surface area (Å²) in [6.07, 6.45) is 5.53. The number of allylic oxidation sites excluding steroid dienone is 1. The summed E-state index contributed by atoms with van der Waals surface area (Å²) in [5, 5.41) is 0. The van der Waals surface area contributed by atoms with Gasteiger partial charge in [-0.1, -0.05) is 0 Å². The number of hydrogen-bond acceptors (Lipinski definition) is 1. The monoisotopic (exact) mass is 223 g/mol. The first-order valence-corrected chi connectivity index (χ1v) is 3.40. The highest BCUT2D eigenvalue weighted by Crippen LogP contribution is 2.31. The number of nitrogens with zero attached hydrogens (tertiary/aromatic N) is 1. The maximum Gasteiger partial charge on any atom is 0.188 e. The number of alkyl halides is 2. The van der Waals surface area contributed by atoms with Gasteiger partial charge in [0.15, 0.2) is 3.36 Å². The molecule has 1 nitrogen and oxygen atoms in total. The smallest absolute Gasteiger partial charge is 0.188 e. The minimum absolute atomic E-state index is 0.292. The van der Waals surface area contributed by atoms with E-state index in [1.807, 2.05) is 12.2 Å². The van der Waals surface area contributed by atoms with Crippen LogP contribution in [0.25, 0.3) is 0 Å². The molecule has 0 atom stereocenters. The van der Waals surface area contributed by atoms with Gasteiger partial charge in [-0.05, 0) is 44.0 Å². The second-order valence-electron chi connectivity index (χ2n) is 1.23. The molecule has 38 valence electrons. The van der Waals surface area contributed by atoms with Gasteiger partial charge in [0.05, 0.1) is 0 Å². The molecule has 0 aromatic heterocycles. The van der Waals surface area contributed by atoms with E-state index in [1.165, 1.54) is 0 Å².